The van der Waals surface area contributed by atoms with Crippen LogP contribution >= 0.6 is 22.6 Å². The van der Waals surface area contributed by atoms with Crippen LogP contribution in [0.1, 0.15) is 10.4 Å². The van der Waals surface area contributed by atoms with E-state index in [2.05, 4.69) is 5.32 Å². The van der Waals surface area contributed by atoms with E-state index < -0.39 is 0 Å². The predicted molar refractivity (Wildman–Crippen MR) is 65.8 cm³/mol. The van der Waals surface area contributed by atoms with Crippen LogP contribution in [0.5, 0.6) is 0 Å². The highest BCUT2D eigenvalue weighted by molar-refractivity contribution is 14.1. The van der Waals surface area contributed by atoms with Crippen LogP contribution in [0.4, 0.5) is 10.1 Å². The maximum absolute atomic E-state index is 12.8. The standard InChI is InChI=1S/C11H7FINO2/c12-8-1-2-10(9(13)5-8)14-11(15)7-3-4-16-6-7/h1-6H,(H,14,15). The Morgan fingerprint density at radius 2 is 2.19 bits per heavy atom. The van der Waals surface area contributed by atoms with Crippen molar-refractivity contribution in [3.05, 3.63) is 51.7 Å². The normalized spacial score (nSPS) is 10.1. The van der Waals surface area contributed by atoms with E-state index >= 15 is 0 Å². The Morgan fingerprint density at radius 1 is 1.38 bits per heavy atom. The first kappa shape index (κ1) is 11.1. The molecule has 1 aromatic heterocycles. The lowest BCUT2D eigenvalue weighted by atomic mass is 10.2. The molecule has 1 N–H and O–H groups in total. The van der Waals surface area contributed by atoms with Gasteiger partial charge in [0.25, 0.3) is 5.91 Å². The van der Waals surface area contributed by atoms with Crippen molar-refractivity contribution in [2.24, 2.45) is 0 Å². The van der Waals surface area contributed by atoms with Crippen molar-refractivity contribution >= 4 is 34.2 Å². The summed E-state index contributed by atoms with van der Waals surface area (Å²) in [5.74, 6) is -0.607. The van der Waals surface area contributed by atoms with Gasteiger partial charge < -0.3 is 9.73 Å². The molecule has 5 heteroatoms. The molecule has 2 aromatic rings. The molecule has 1 heterocycles. The summed E-state index contributed by atoms with van der Waals surface area (Å²) < 4.78 is 18.3. The monoisotopic (exact) mass is 331 g/mol. The van der Waals surface area contributed by atoms with Gasteiger partial charge in [-0.3, -0.25) is 4.79 Å². The highest BCUT2D eigenvalue weighted by Gasteiger charge is 2.09. The van der Waals surface area contributed by atoms with Gasteiger partial charge in [0.05, 0.1) is 17.5 Å². The maximum atomic E-state index is 12.8. The lowest BCUT2D eigenvalue weighted by Gasteiger charge is -2.05. The fraction of sp³-hybridized carbons (Fsp3) is 0. The molecule has 82 valence electrons. The number of halogens is 2. The Hall–Kier alpha value is -1.37. The molecular formula is C11H7FINO2. The zero-order valence-corrected chi connectivity index (χ0v) is 10.2. The summed E-state index contributed by atoms with van der Waals surface area (Å²) in [5.41, 5.74) is 1.01. The molecule has 0 bridgehead atoms. The van der Waals surface area contributed by atoms with E-state index in [1.165, 1.54) is 30.7 Å². The molecular weight excluding hydrogens is 324 g/mol. The number of nitrogens with one attached hydrogen (secondary N) is 1. The minimum Gasteiger partial charge on any atom is -0.472 e. The number of carbonyl (C=O) groups excluding carboxylic acids is 1. The maximum Gasteiger partial charge on any atom is 0.258 e. The van der Waals surface area contributed by atoms with Crippen LogP contribution in [0.3, 0.4) is 0 Å². The summed E-state index contributed by atoms with van der Waals surface area (Å²) in [5, 5.41) is 2.67. The highest BCUT2D eigenvalue weighted by Crippen LogP contribution is 2.19. The van der Waals surface area contributed by atoms with E-state index in [-0.39, 0.29) is 11.7 Å². The van der Waals surface area contributed by atoms with Crippen molar-refractivity contribution in [3.8, 4) is 0 Å². The van der Waals surface area contributed by atoms with E-state index in [0.717, 1.165) is 0 Å². The predicted octanol–water partition coefficient (Wildman–Crippen LogP) is 3.28. The molecule has 0 saturated heterocycles. The molecule has 0 aliphatic rings. The molecule has 2 rings (SSSR count). The number of anilines is 1. The van der Waals surface area contributed by atoms with E-state index in [1.807, 2.05) is 22.6 Å². The second kappa shape index (κ2) is 4.65. The number of benzene rings is 1. The van der Waals surface area contributed by atoms with Crippen LogP contribution in [0.2, 0.25) is 0 Å². The summed E-state index contributed by atoms with van der Waals surface area (Å²) in [6.07, 6.45) is 2.77. The Labute approximate surface area is 105 Å². The summed E-state index contributed by atoms with van der Waals surface area (Å²) in [4.78, 5) is 11.6. The number of amides is 1. The third-order valence-corrected chi connectivity index (χ3v) is 2.86. The molecule has 1 aromatic carbocycles. The largest absolute Gasteiger partial charge is 0.472 e. The number of hydrogen-bond donors (Lipinski definition) is 1. The van der Waals surface area contributed by atoms with Crippen molar-refractivity contribution < 1.29 is 13.6 Å². The van der Waals surface area contributed by atoms with Crippen LogP contribution in [0, 0.1) is 9.39 Å². The van der Waals surface area contributed by atoms with Crippen molar-refractivity contribution in [2.75, 3.05) is 5.32 Å². The lowest BCUT2D eigenvalue weighted by molar-refractivity contribution is 0.102. The zero-order valence-electron chi connectivity index (χ0n) is 8.04. The topological polar surface area (TPSA) is 42.2 Å². The molecule has 0 aliphatic carbocycles. The highest BCUT2D eigenvalue weighted by atomic mass is 127. The van der Waals surface area contributed by atoms with Crippen molar-refractivity contribution in [1.82, 2.24) is 0 Å². The molecule has 0 unspecified atom stereocenters. The first-order valence-electron chi connectivity index (χ1n) is 4.45. The fourth-order valence-electron chi connectivity index (χ4n) is 1.18. The average molecular weight is 331 g/mol. The summed E-state index contributed by atoms with van der Waals surface area (Å²) in [6.45, 7) is 0. The minimum atomic E-state index is -0.328. The third-order valence-electron chi connectivity index (χ3n) is 1.96. The minimum absolute atomic E-state index is 0.279. The second-order valence-corrected chi connectivity index (χ2v) is 4.25. The third kappa shape index (κ3) is 2.41. The number of rotatable bonds is 2. The smallest absolute Gasteiger partial charge is 0.258 e. The van der Waals surface area contributed by atoms with Crippen LogP contribution in [0.15, 0.2) is 41.2 Å². The van der Waals surface area contributed by atoms with E-state index in [9.17, 15) is 9.18 Å². The van der Waals surface area contributed by atoms with E-state index in [0.29, 0.717) is 14.8 Å². The van der Waals surface area contributed by atoms with Crippen molar-refractivity contribution in [1.29, 1.82) is 0 Å². The van der Waals surface area contributed by atoms with Gasteiger partial charge in [-0.15, -0.1) is 0 Å². The quantitative estimate of drug-likeness (QED) is 0.859. The van der Waals surface area contributed by atoms with E-state index in [4.69, 9.17) is 4.42 Å². The van der Waals surface area contributed by atoms with Gasteiger partial charge in [-0.25, -0.2) is 4.39 Å². The molecule has 16 heavy (non-hydrogen) atoms. The molecule has 3 nitrogen and oxygen atoms in total. The molecule has 1 amide bonds. The Kier molecular flexibility index (Phi) is 3.23. The van der Waals surface area contributed by atoms with E-state index in [1.54, 1.807) is 6.07 Å². The molecule has 0 saturated carbocycles. The summed E-state index contributed by atoms with van der Waals surface area (Å²) in [6, 6.07) is 5.74. The lowest BCUT2D eigenvalue weighted by Crippen LogP contribution is -2.11. The summed E-state index contributed by atoms with van der Waals surface area (Å²) in [7, 11) is 0. The Balaban J connectivity index is 2.18. The average Bonchev–Trinajstić information content (AvgIpc) is 2.75. The van der Waals surface area contributed by atoms with Gasteiger partial charge >= 0.3 is 0 Å². The van der Waals surface area contributed by atoms with Crippen molar-refractivity contribution in [2.45, 2.75) is 0 Å². The van der Waals surface area contributed by atoms with Crippen LogP contribution in [-0.2, 0) is 0 Å². The summed E-state index contributed by atoms with van der Waals surface area (Å²) >= 11 is 1.96. The van der Waals surface area contributed by atoms with Crippen LogP contribution < -0.4 is 5.32 Å². The fourth-order valence-corrected chi connectivity index (χ4v) is 1.79. The number of furan rings is 1. The Morgan fingerprint density at radius 3 is 2.81 bits per heavy atom. The molecule has 0 aliphatic heterocycles. The van der Waals surface area contributed by atoms with Gasteiger partial charge in [-0.1, -0.05) is 0 Å². The first-order valence-corrected chi connectivity index (χ1v) is 5.53. The molecule has 0 fully saturated rings. The zero-order chi connectivity index (χ0) is 11.5. The first-order chi connectivity index (χ1) is 7.66. The van der Waals surface area contributed by atoms with Crippen LogP contribution in [-0.4, -0.2) is 5.91 Å². The molecule has 0 spiro atoms. The number of carbonyl (C=O) groups is 1. The van der Waals surface area contributed by atoms with Crippen LogP contribution in [0.25, 0.3) is 0 Å². The molecule has 0 atom stereocenters. The second-order valence-electron chi connectivity index (χ2n) is 3.09. The van der Waals surface area contributed by atoms with Crippen molar-refractivity contribution in [3.63, 3.8) is 0 Å². The molecule has 0 radical (unpaired) electrons. The van der Waals surface area contributed by atoms with Gasteiger partial charge in [-0.05, 0) is 46.9 Å². The van der Waals surface area contributed by atoms with Gasteiger partial charge in [0.1, 0.15) is 12.1 Å². The SMILES string of the molecule is O=C(Nc1ccc(F)cc1I)c1ccoc1. The Bertz CT molecular complexity index is 511. The number of hydrogen-bond acceptors (Lipinski definition) is 2. The van der Waals surface area contributed by atoms with Gasteiger partial charge in [0.15, 0.2) is 0 Å². The van der Waals surface area contributed by atoms with Gasteiger partial charge in [0, 0.05) is 3.57 Å². The van der Waals surface area contributed by atoms with Gasteiger partial charge in [0.2, 0.25) is 0 Å². The van der Waals surface area contributed by atoms with Gasteiger partial charge in [-0.2, -0.15) is 0 Å².